The number of hydrogen-bond acceptors (Lipinski definition) is 3. The molecular formula is C11H17NO2. The predicted octanol–water partition coefficient (Wildman–Crippen LogP) is 0.689. The van der Waals surface area contributed by atoms with Crippen molar-refractivity contribution < 1.29 is 10.2 Å². The van der Waals surface area contributed by atoms with Gasteiger partial charge in [0.15, 0.2) is 0 Å². The molecule has 3 unspecified atom stereocenters. The molecule has 0 aromatic heterocycles. The number of rotatable bonds is 4. The molecule has 0 amide bonds. The van der Waals surface area contributed by atoms with Crippen molar-refractivity contribution in [2.24, 2.45) is 0 Å². The molecule has 3 nitrogen and oxygen atoms in total. The third-order valence-electron chi connectivity index (χ3n) is 2.43. The normalized spacial score (nSPS) is 17.4. The fourth-order valence-corrected chi connectivity index (χ4v) is 1.29. The van der Waals surface area contributed by atoms with Gasteiger partial charge in [0.05, 0.1) is 6.10 Å². The van der Waals surface area contributed by atoms with Crippen LogP contribution in [0.15, 0.2) is 30.3 Å². The van der Waals surface area contributed by atoms with Gasteiger partial charge < -0.3 is 15.5 Å². The standard InChI is InChI=1S/C11H17NO2/c1-8(12-2)10(13)11(14)9-6-4-3-5-7-9/h3-8,10-14H,1-2H3. The Morgan fingerprint density at radius 1 is 1.14 bits per heavy atom. The highest BCUT2D eigenvalue weighted by Gasteiger charge is 2.22. The van der Waals surface area contributed by atoms with Crippen LogP contribution in [0, 0.1) is 0 Å². The largest absolute Gasteiger partial charge is 0.388 e. The van der Waals surface area contributed by atoms with E-state index in [0.717, 1.165) is 5.56 Å². The third kappa shape index (κ3) is 2.54. The van der Waals surface area contributed by atoms with E-state index in [9.17, 15) is 10.2 Å². The van der Waals surface area contributed by atoms with E-state index in [1.165, 1.54) is 0 Å². The Morgan fingerprint density at radius 3 is 2.21 bits per heavy atom. The van der Waals surface area contributed by atoms with E-state index in [2.05, 4.69) is 5.32 Å². The zero-order valence-corrected chi connectivity index (χ0v) is 8.51. The molecule has 1 rings (SSSR count). The second kappa shape index (κ2) is 5.10. The molecule has 0 radical (unpaired) electrons. The number of likely N-dealkylation sites (N-methyl/N-ethyl adjacent to an activating group) is 1. The van der Waals surface area contributed by atoms with Gasteiger partial charge >= 0.3 is 0 Å². The molecule has 1 aromatic carbocycles. The fourth-order valence-electron chi connectivity index (χ4n) is 1.29. The van der Waals surface area contributed by atoms with Crippen LogP contribution in [-0.4, -0.2) is 29.4 Å². The van der Waals surface area contributed by atoms with E-state index in [4.69, 9.17) is 0 Å². The van der Waals surface area contributed by atoms with Crippen molar-refractivity contribution in [1.82, 2.24) is 5.32 Å². The summed E-state index contributed by atoms with van der Waals surface area (Å²) in [5.41, 5.74) is 0.738. The Balaban J connectivity index is 2.70. The maximum absolute atomic E-state index is 9.80. The molecule has 3 atom stereocenters. The summed E-state index contributed by atoms with van der Waals surface area (Å²) in [4.78, 5) is 0. The first-order chi connectivity index (χ1) is 6.66. The summed E-state index contributed by atoms with van der Waals surface area (Å²) in [7, 11) is 1.76. The summed E-state index contributed by atoms with van der Waals surface area (Å²) in [6.45, 7) is 1.83. The van der Waals surface area contributed by atoms with Crippen molar-refractivity contribution >= 4 is 0 Å². The Hall–Kier alpha value is -0.900. The molecule has 0 saturated heterocycles. The van der Waals surface area contributed by atoms with Crippen LogP contribution in [0.1, 0.15) is 18.6 Å². The average molecular weight is 195 g/mol. The van der Waals surface area contributed by atoms with Gasteiger partial charge in [-0.05, 0) is 19.5 Å². The Kier molecular flexibility index (Phi) is 4.07. The summed E-state index contributed by atoms with van der Waals surface area (Å²) in [6.07, 6.45) is -1.62. The van der Waals surface area contributed by atoms with E-state index in [-0.39, 0.29) is 6.04 Å². The van der Waals surface area contributed by atoms with Gasteiger partial charge in [0.2, 0.25) is 0 Å². The minimum Gasteiger partial charge on any atom is -0.388 e. The molecule has 0 heterocycles. The van der Waals surface area contributed by atoms with Crippen LogP contribution in [0.3, 0.4) is 0 Å². The quantitative estimate of drug-likeness (QED) is 0.662. The van der Waals surface area contributed by atoms with E-state index >= 15 is 0 Å². The Morgan fingerprint density at radius 2 is 1.71 bits per heavy atom. The lowest BCUT2D eigenvalue weighted by atomic mass is 10.00. The molecule has 0 aliphatic heterocycles. The van der Waals surface area contributed by atoms with Crippen molar-refractivity contribution in [1.29, 1.82) is 0 Å². The molecule has 0 aliphatic carbocycles. The topological polar surface area (TPSA) is 52.5 Å². The number of aliphatic hydroxyl groups is 2. The molecule has 0 aliphatic rings. The summed E-state index contributed by atoms with van der Waals surface area (Å²) < 4.78 is 0. The Bertz CT molecular complexity index is 263. The van der Waals surface area contributed by atoms with Crippen LogP contribution in [0.4, 0.5) is 0 Å². The summed E-state index contributed by atoms with van der Waals surface area (Å²) in [5.74, 6) is 0. The molecule has 1 aromatic rings. The van der Waals surface area contributed by atoms with Gasteiger partial charge in [-0.2, -0.15) is 0 Å². The van der Waals surface area contributed by atoms with Crippen LogP contribution < -0.4 is 5.32 Å². The number of aliphatic hydroxyl groups excluding tert-OH is 2. The number of nitrogens with one attached hydrogen (secondary N) is 1. The van der Waals surface area contributed by atoms with Crippen LogP contribution in [0.5, 0.6) is 0 Å². The smallest absolute Gasteiger partial charge is 0.106 e. The maximum atomic E-state index is 9.80. The monoisotopic (exact) mass is 195 g/mol. The molecule has 3 N–H and O–H groups in total. The minimum absolute atomic E-state index is 0.134. The molecule has 0 spiro atoms. The van der Waals surface area contributed by atoms with Gasteiger partial charge in [-0.1, -0.05) is 30.3 Å². The molecule has 0 saturated carbocycles. The minimum atomic E-state index is -0.835. The van der Waals surface area contributed by atoms with Crippen molar-refractivity contribution in [2.75, 3.05) is 7.05 Å². The zero-order valence-electron chi connectivity index (χ0n) is 8.51. The summed E-state index contributed by atoms with van der Waals surface area (Å²) in [6, 6.07) is 9.03. The summed E-state index contributed by atoms with van der Waals surface area (Å²) >= 11 is 0. The first-order valence-corrected chi connectivity index (χ1v) is 4.75. The lowest BCUT2D eigenvalue weighted by Gasteiger charge is -2.23. The van der Waals surface area contributed by atoms with Gasteiger partial charge in [-0.3, -0.25) is 0 Å². The van der Waals surface area contributed by atoms with Gasteiger partial charge in [0.25, 0.3) is 0 Å². The zero-order chi connectivity index (χ0) is 10.6. The SMILES string of the molecule is CNC(C)C(O)C(O)c1ccccc1. The van der Waals surface area contributed by atoms with Crippen LogP contribution in [0.2, 0.25) is 0 Å². The molecule has 0 fully saturated rings. The highest BCUT2D eigenvalue weighted by atomic mass is 16.3. The highest BCUT2D eigenvalue weighted by molar-refractivity contribution is 5.18. The second-order valence-electron chi connectivity index (χ2n) is 3.42. The van der Waals surface area contributed by atoms with Crippen LogP contribution in [0.25, 0.3) is 0 Å². The Labute approximate surface area is 84.4 Å². The van der Waals surface area contributed by atoms with Gasteiger partial charge in [-0.15, -0.1) is 0 Å². The van der Waals surface area contributed by atoms with Crippen LogP contribution in [-0.2, 0) is 0 Å². The van der Waals surface area contributed by atoms with Crippen molar-refractivity contribution in [3.8, 4) is 0 Å². The molecule has 14 heavy (non-hydrogen) atoms. The van der Waals surface area contributed by atoms with Gasteiger partial charge in [0.1, 0.15) is 6.10 Å². The number of hydrogen-bond donors (Lipinski definition) is 3. The van der Waals surface area contributed by atoms with Gasteiger partial charge in [-0.25, -0.2) is 0 Å². The van der Waals surface area contributed by atoms with E-state index in [1.807, 2.05) is 25.1 Å². The van der Waals surface area contributed by atoms with Crippen molar-refractivity contribution in [2.45, 2.75) is 25.2 Å². The first kappa shape index (κ1) is 11.2. The molecule has 3 heteroatoms. The lowest BCUT2D eigenvalue weighted by Crippen LogP contribution is -2.38. The van der Waals surface area contributed by atoms with E-state index in [0.29, 0.717) is 0 Å². The first-order valence-electron chi connectivity index (χ1n) is 4.75. The van der Waals surface area contributed by atoms with Crippen LogP contribution >= 0.6 is 0 Å². The number of benzene rings is 1. The predicted molar refractivity (Wildman–Crippen MR) is 55.9 cm³/mol. The highest BCUT2D eigenvalue weighted by Crippen LogP contribution is 2.18. The van der Waals surface area contributed by atoms with Crippen molar-refractivity contribution in [3.63, 3.8) is 0 Å². The van der Waals surface area contributed by atoms with E-state index in [1.54, 1.807) is 19.2 Å². The lowest BCUT2D eigenvalue weighted by molar-refractivity contribution is 0.000105. The van der Waals surface area contributed by atoms with Crippen molar-refractivity contribution in [3.05, 3.63) is 35.9 Å². The maximum Gasteiger partial charge on any atom is 0.106 e. The van der Waals surface area contributed by atoms with Gasteiger partial charge in [0, 0.05) is 6.04 Å². The van der Waals surface area contributed by atoms with E-state index < -0.39 is 12.2 Å². The molecule has 0 bridgehead atoms. The average Bonchev–Trinajstić information content (AvgIpc) is 2.27. The molecular weight excluding hydrogens is 178 g/mol. The second-order valence-corrected chi connectivity index (χ2v) is 3.42. The fraction of sp³-hybridized carbons (Fsp3) is 0.455. The third-order valence-corrected chi connectivity index (χ3v) is 2.43. The molecule has 78 valence electrons. The summed E-state index contributed by atoms with van der Waals surface area (Å²) in [5, 5.41) is 22.4.